The normalized spacial score (nSPS) is 21.9. The van der Waals surface area contributed by atoms with Crippen LogP contribution in [0.3, 0.4) is 0 Å². The quantitative estimate of drug-likeness (QED) is 0.886. The summed E-state index contributed by atoms with van der Waals surface area (Å²) < 4.78 is 39.4. The van der Waals surface area contributed by atoms with E-state index < -0.39 is 12.0 Å². The van der Waals surface area contributed by atoms with Gasteiger partial charge in [-0.05, 0) is 31.8 Å². The molecule has 2 aliphatic rings. The lowest BCUT2D eigenvalue weighted by Gasteiger charge is -2.32. The van der Waals surface area contributed by atoms with Crippen LogP contribution in [0.25, 0.3) is 0 Å². The Morgan fingerprint density at radius 3 is 2.60 bits per heavy atom. The Morgan fingerprint density at radius 1 is 1.15 bits per heavy atom. The number of hydrogen-bond donors (Lipinski definition) is 1. The first-order valence-corrected chi connectivity index (χ1v) is 6.96. The zero-order valence-electron chi connectivity index (χ0n) is 11.2. The van der Waals surface area contributed by atoms with Gasteiger partial charge >= 0.3 is 6.18 Å². The molecular formula is C12H18F3N5. The van der Waals surface area contributed by atoms with Gasteiger partial charge in [-0.25, -0.2) is 0 Å². The Morgan fingerprint density at radius 2 is 1.90 bits per heavy atom. The highest BCUT2D eigenvalue weighted by molar-refractivity contribution is 5.02. The molecule has 0 bridgehead atoms. The second-order valence-corrected chi connectivity index (χ2v) is 5.52. The number of nitrogens with zero attached hydrogens (tertiary/aromatic N) is 4. The van der Waals surface area contributed by atoms with Gasteiger partial charge in [0.1, 0.15) is 5.82 Å². The summed E-state index contributed by atoms with van der Waals surface area (Å²) in [5.41, 5.74) is 0. The molecule has 0 amide bonds. The molecule has 3 rings (SSSR count). The molecule has 0 saturated carbocycles. The van der Waals surface area contributed by atoms with Crippen LogP contribution in [0.15, 0.2) is 0 Å². The lowest BCUT2D eigenvalue weighted by molar-refractivity contribution is -0.148. The van der Waals surface area contributed by atoms with Crippen LogP contribution in [0, 0.1) is 5.92 Å². The van der Waals surface area contributed by atoms with Crippen LogP contribution in [0.2, 0.25) is 0 Å². The Bertz CT molecular complexity index is 464. The minimum absolute atomic E-state index is 0.322. The molecule has 1 aromatic heterocycles. The van der Waals surface area contributed by atoms with Gasteiger partial charge in [0.15, 0.2) is 0 Å². The van der Waals surface area contributed by atoms with E-state index in [9.17, 15) is 13.2 Å². The van der Waals surface area contributed by atoms with Crippen molar-refractivity contribution in [3.05, 3.63) is 11.6 Å². The average molecular weight is 289 g/mol. The summed E-state index contributed by atoms with van der Waals surface area (Å²) in [6.45, 7) is 4.43. The molecule has 5 nitrogen and oxygen atoms in total. The third-order valence-corrected chi connectivity index (χ3v) is 4.06. The maximum absolute atomic E-state index is 12.7. The number of fused-ring (bicyclic) bond motifs is 1. The van der Waals surface area contributed by atoms with Gasteiger partial charge in [-0.1, -0.05) is 0 Å². The summed E-state index contributed by atoms with van der Waals surface area (Å²) in [4.78, 5) is 2.19. The largest absolute Gasteiger partial charge is 0.451 e. The van der Waals surface area contributed by atoms with E-state index >= 15 is 0 Å². The number of halogens is 3. The van der Waals surface area contributed by atoms with Gasteiger partial charge in [-0.15, -0.1) is 10.2 Å². The molecule has 20 heavy (non-hydrogen) atoms. The van der Waals surface area contributed by atoms with Crippen molar-refractivity contribution >= 4 is 0 Å². The highest BCUT2D eigenvalue weighted by Gasteiger charge is 2.39. The monoisotopic (exact) mass is 289 g/mol. The zero-order chi connectivity index (χ0) is 14.2. The summed E-state index contributed by atoms with van der Waals surface area (Å²) >= 11 is 0. The van der Waals surface area contributed by atoms with Crippen LogP contribution in [0.1, 0.15) is 24.5 Å². The van der Waals surface area contributed by atoms with Crippen molar-refractivity contribution in [2.45, 2.75) is 32.1 Å². The predicted molar refractivity (Wildman–Crippen MR) is 65.9 cm³/mol. The van der Waals surface area contributed by atoms with Crippen LogP contribution in [-0.2, 0) is 19.3 Å². The topological polar surface area (TPSA) is 46.0 Å². The molecule has 1 N–H and O–H groups in total. The molecule has 0 spiro atoms. The second-order valence-electron chi connectivity index (χ2n) is 5.52. The Kier molecular flexibility index (Phi) is 3.68. The Hall–Kier alpha value is -1.15. The lowest BCUT2D eigenvalue weighted by atomic mass is 9.97. The Balaban J connectivity index is 1.65. The van der Waals surface area contributed by atoms with E-state index in [0.717, 1.165) is 32.5 Å². The molecule has 1 saturated heterocycles. The van der Waals surface area contributed by atoms with Crippen molar-refractivity contribution < 1.29 is 13.2 Å². The molecule has 0 radical (unpaired) electrons. The van der Waals surface area contributed by atoms with E-state index in [1.807, 2.05) is 0 Å². The van der Waals surface area contributed by atoms with Crippen molar-refractivity contribution in [3.8, 4) is 0 Å². The fraction of sp³-hybridized carbons (Fsp3) is 0.833. The van der Waals surface area contributed by atoms with Crippen LogP contribution < -0.4 is 5.32 Å². The lowest BCUT2D eigenvalue weighted by Crippen LogP contribution is -2.40. The number of aromatic nitrogens is 3. The minimum atomic E-state index is -4.41. The van der Waals surface area contributed by atoms with Crippen molar-refractivity contribution in [2.75, 3.05) is 26.2 Å². The summed E-state index contributed by atoms with van der Waals surface area (Å²) in [6, 6.07) is 0. The third-order valence-electron chi connectivity index (χ3n) is 4.06. The van der Waals surface area contributed by atoms with Gasteiger partial charge in [0.25, 0.3) is 0 Å². The summed E-state index contributed by atoms with van der Waals surface area (Å²) in [5.74, 6) is 0.194. The molecule has 112 valence electrons. The number of piperidine rings is 1. The molecule has 1 aromatic rings. The summed E-state index contributed by atoms with van der Waals surface area (Å²) in [6.07, 6.45) is -2.14. The molecular weight excluding hydrogens is 271 g/mol. The molecule has 8 heteroatoms. The molecule has 0 unspecified atom stereocenters. The van der Waals surface area contributed by atoms with Crippen LogP contribution in [0.4, 0.5) is 13.2 Å². The highest BCUT2D eigenvalue weighted by atomic mass is 19.4. The predicted octanol–water partition coefficient (Wildman–Crippen LogP) is 1.11. The van der Waals surface area contributed by atoms with Gasteiger partial charge in [0.2, 0.25) is 5.82 Å². The molecule has 1 fully saturated rings. The first-order valence-electron chi connectivity index (χ1n) is 6.96. The number of hydrogen-bond acceptors (Lipinski definition) is 4. The summed E-state index contributed by atoms with van der Waals surface area (Å²) in [5, 5.41) is 10.3. The molecule has 3 heterocycles. The van der Waals surface area contributed by atoms with Crippen LogP contribution in [-0.4, -0.2) is 45.8 Å². The third kappa shape index (κ3) is 2.80. The second kappa shape index (κ2) is 5.33. The standard InChI is InChI=1S/C12H18F3N5/c13-12(14,15)11-18-17-10-8-19(5-6-20(10)11)7-9-1-3-16-4-2-9/h9,16H,1-8H2. The number of alkyl halides is 3. The molecule has 0 aromatic carbocycles. The van der Waals surface area contributed by atoms with Crippen LogP contribution >= 0.6 is 0 Å². The maximum atomic E-state index is 12.7. The van der Waals surface area contributed by atoms with Crippen molar-refractivity contribution in [3.63, 3.8) is 0 Å². The van der Waals surface area contributed by atoms with E-state index in [1.165, 1.54) is 4.57 Å². The van der Waals surface area contributed by atoms with Gasteiger partial charge in [-0.2, -0.15) is 13.2 Å². The van der Waals surface area contributed by atoms with Gasteiger partial charge in [0, 0.05) is 19.6 Å². The molecule has 0 atom stereocenters. The van der Waals surface area contributed by atoms with Crippen LogP contribution in [0.5, 0.6) is 0 Å². The van der Waals surface area contributed by atoms with Crippen molar-refractivity contribution in [1.29, 1.82) is 0 Å². The number of rotatable bonds is 2. The van der Waals surface area contributed by atoms with E-state index in [1.54, 1.807) is 0 Å². The average Bonchev–Trinajstić information content (AvgIpc) is 2.83. The molecule has 2 aliphatic heterocycles. The SMILES string of the molecule is FC(F)(F)c1nnc2n1CCN(CC1CCNCC1)C2. The van der Waals surface area contributed by atoms with Gasteiger partial charge in [0.05, 0.1) is 6.54 Å². The highest BCUT2D eigenvalue weighted by Crippen LogP contribution is 2.29. The van der Waals surface area contributed by atoms with E-state index in [-0.39, 0.29) is 0 Å². The first kappa shape index (κ1) is 13.8. The smallest absolute Gasteiger partial charge is 0.317 e. The fourth-order valence-electron chi connectivity index (χ4n) is 3.00. The fourth-order valence-corrected chi connectivity index (χ4v) is 3.00. The van der Waals surface area contributed by atoms with Gasteiger partial charge in [-0.3, -0.25) is 4.90 Å². The maximum Gasteiger partial charge on any atom is 0.451 e. The van der Waals surface area contributed by atoms with Crippen molar-refractivity contribution in [1.82, 2.24) is 25.0 Å². The number of nitrogens with one attached hydrogen (secondary N) is 1. The first-order chi connectivity index (χ1) is 9.54. The van der Waals surface area contributed by atoms with E-state index in [0.29, 0.717) is 31.4 Å². The van der Waals surface area contributed by atoms with E-state index in [2.05, 4.69) is 20.4 Å². The van der Waals surface area contributed by atoms with E-state index in [4.69, 9.17) is 0 Å². The Labute approximate surface area is 115 Å². The van der Waals surface area contributed by atoms with Gasteiger partial charge < -0.3 is 9.88 Å². The molecule has 0 aliphatic carbocycles. The zero-order valence-corrected chi connectivity index (χ0v) is 11.2. The minimum Gasteiger partial charge on any atom is -0.317 e. The van der Waals surface area contributed by atoms with Crippen molar-refractivity contribution in [2.24, 2.45) is 5.92 Å². The summed E-state index contributed by atoms with van der Waals surface area (Å²) in [7, 11) is 0.